The smallest absolute Gasteiger partial charge is 0.0136 e. The molecule has 1 aliphatic carbocycles. The second-order valence-electron chi connectivity index (χ2n) is 5.04. The molecular formula is C12H22N. The van der Waals surface area contributed by atoms with E-state index in [-0.39, 0.29) is 0 Å². The van der Waals surface area contributed by atoms with Crippen molar-refractivity contribution in [2.24, 2.45) is 17.8 Å². The molecule has 0 aromatic rings. The first-order chi connectivity index (χ1) is 6.36. The van der Waals surface area contributed by atoms with E-state index in [0.717, 1.165) is 30.8 Å². The van der Waals surface area contributed by atoms with Gasteiger partial charge in [-0.25, -0.2) is 5.32 Å². The summed E-state index contributed by atoms with van der Waals surface area (Å²) in [5.74, 6) is 3.09. The third-order valence-corrected chi connectivity index (χ3v) is 3.95. The molecule has 2 rings (SSSR count). The monoisotopic (exact) mass is 180 g/mol. The lowest BCUT2D eigenvalue weighted by atomic mass is 9.85. The number of hydrogen-bond acceptors (Lipinski definition) is 0. The topological polar surface area (TPSA) is 14.1 Å². The molecule has 0 amide bonds. The minimum Gasteiger partial charge on any atom is -0.242 e. The first kappa shape index (κ1) is 9.51. The predicted octanol–water partition coefficient (Wildman–Crippen LogP) is 2.83. The highest BCUT2D eigenvalue weighted by molar-refractivity contribution is 4.80. The van der Waals surface area contributed by atoms with Crippen LogP contribution in [0.25, 0.3) is 0 Å². The van der Waals surface area contributed by atoms with Crippen LogP contribution in [0.3, 0.4) is 0 Å². The summed E-state index contributed by atoms with van der Waals surface area (Å²) in [4.78, 5) is 0. The van der Waals surface area contributed by atoms with Crippen molar-refractivity contribution in [1.82, 2.24) is 5.32 Å². The summed E-state index contributed by atoms with van der Waals surface area (Å²) in [5.41, 5.74) is 0. The Hall–Kier alpha value is -0.0400. The van der Waals surface area contributed by atoms with Crippen molar-refractivity contribution >= 4 is 0 Å². The van der Waals surface area contributed by atoms with Gasteiger partial charge in [-0.3, -0.25) is 0 Å². The zero-order chi connectivity index (χ0) is 9.10. The van der Waals surface area contributed by atoms with E-state index in [9.17, 15) is 0 Å². The predicted molar refractivity (Wildman–Crippen MR) is 55.7 cm³/mol. The van der Waals surface area contributed by atoms with Gasteiger partial charge >= 0.3 is 0 Å². The van der Waals surface area contributed by atoms with Gasteiger partial charge in [-0.05, 0) is 49.9 Å². The largest absolute Gasteiger partial charge is 0.242 e. The first-order valence-electron chi connectivity index (χ1n) is 5.99. The standard InChI is InChI=1S/C12H22N/c1-10-4-5-12(9-10)11-3-2-7-13-8-6-11/h10-12H,2-9H2,1H3. The van der Waals surface area contributed by atoms with Crippen LogP contribution in [0.15, 0.2) is 0 Å². The molecule has 75 valence electrons. The SMILES string of the molecule is CC1CCC(C2CCC[N]CC2)C1. The Morgan fingerprint density at radius 1 is 0.923 bits per heavy atom. The minimum absolute atomic E-state index is 1.00. The highest BCUT2D eigenvalue weighted by Gasteiger charge is 2.28. The van der Waals surface area contributed by atoms with E-state index in [4.69, 9.17) is 0 Å². The van der Waals surface area contributed by atoms with Gasteiger partial charge in [0.15, 0.2) is 0 Å². The van der Waals surface area contributed by atoms with E-state index < -0.39 is 0 Å². The van der Waals surface area contributed by atoms with Crippen LogP contribution in [-0.4, -0.2) is 13.1 Å². The Kier molecular flexibility index (Phi) is 3.26. The molecule has 1 heterocycles. The van der Waals surface area contributed by atoms with Crippen LogP contribution in [0.2, 0.25) is 0 Å². The maximum Gasteiger partial charge on any atom is 0.0136 e. The fraction of sp³-hybridized carbons (Fsp3) is 1.00. The lowest BCUT2D eigenvalue weighted by Crippen LogP contribution is -2.13. The molecular weight excluding hydrogens is 158 g/mol. The molecule has 13 heavy (non-hydrogen) atoms. The fourth-order valence-electron chi connectivity index (χ4n) is 3.13. The van der Waals surface area contributed by atoms with Crippen molar-refractivity contribution in [3.8, 4) is 0 Å². The Bertz CT molecular complexity index is 147. The van der Waals surface area contributed by atoms with Gasteiger partial charge in [0.05, 0.1) is 0 Å². The second-order valence-corrected chi connectivity index (χ2v) is 5.04. The van der Waals surface area contributed by atoms with Crippen molar-refractivity contribution in [3.05, 3.63) is 0 Å². The molecule has 1 nitrogen and oxygen atoms in total. The summed E-state index contributed by atoms with van der Waals surface area (Å²) in [6.45, 7) is 4.70. The van der Waals surface area contributed by atoms with Crippen molar-refractivity contribution in [2.75, 3.05) is 13.1 Å². The summed E-state index contributed by atoms with van der Waals surface area (Å²) >= 11 is 0. The minimum atomic E-state index is 1.00. The van der Waals surface area contributed by atoms with Crippen molar-refractivity contribution in [3.63, 3.8) is 0 Å². The first-order valence-corrected chi connectivity index (χ1v) is 5.99. The van der Waals surface area contributed by atoms with Gasteiger partial charge in [-0.15, -0.1) is 0 Å². The highest BCUT2D eigenvalue weighted by atomic mass is 14.8. The molecule has 2 fully saturated rings. The molecule has 0 bridgehead atoms. The molecule has 0 aromatic heterocycles. The van der Waals surface area contributed by atoms with E-state index >= 15 is 0 Å². The van der Waals surface area contributed by atoms with Gasteiger partial charge in [-0.1, -0.05) is 13.3 Å². The van der Waals surface area contributed by atoms with E-state index in [0.29, 0.717) is 0 Å². The molecule has 1 aliphatic heterocycles. The van der Waals surface area contributed by atoms with Crippen LogP contribution in [-0.2, 0) is 0 Å². The van der Waals surface area contributed by atoms with Gasteiger partial charge in [-0.2, -0.15) is 0 Å². The van der Waals surface area contributed by atoms with Crippen molar-refractivity contribution in [2.45, 2.75) is 45.4 Å². The Morgan fingerprint density at radius 3 is 2.62 bits per heavy atom. The lowest BCUT2D eigenvalue weighted by Gasteiger charge is -2.21. The molecule has 1 saturated heterocycles. The lowest BCUT2D eigenvalue weighted by molar-refractivity contribution is 0.303. The average Bonchev–Trinajstić information content (AvgIpc) is 2.43. The van der Waals surface area contributed by atoms with Gasteiger partial charge in [0.2, 0.25) is 0 Å². The van der Waals surface area contributed by atoms with Crippen LogP contribution >= 0.6 is 0 Å². The molecule has 1 saturated carbocycles. The molecule has 1 radical (unpaired) electrons. The van der Waals surface area contributed by atoms with E-state index in [2.05, 4.69) is 12.2 Å². The molecule has 3 atom stereocenters. The normalized spacial score (nSPS) is 41.8. The van der Waals surface area contributed by atoms with E-state index in [1.54, 1.807) is 0 Å². The maximum atomic E-state index is 4.51. The zero-order valence-corrected chi connectivity index (χ0v) is 8.84. The summed E-state index contributed by atoms with van der Waals surface area (Å²) in [6.07, 6.45) is 8.70. The van der Waals surface area contributed by atoms with Crippen molar-refractivity contribution in [1.29, 1.82) is 0 Å². The quantitative estimate of drug-likeness (QED) is 0.589. The van der Waals surface area contributed by atoms with Gasteiger partial charge in [0.1, 0.15) is 0 Å². The van der Waals surface area contributed by atoms with Gasteiger partial charge in [0, 0.05) is 13.1 Å². The molecule has 0 N–H and O–H groups in total. The second kappa shape index (κ2) is 4.45. The molecule has 2 aliphatic rings. The highest BCUT2D eigenvalue weighted by Crippen LogP contribution is 2.39. The Morgan fingerprint density at radius 2 is 1.85 bits per heavy atom. The third-order valence-electron chi connectivity index (χ3n) is 3.95. The Labute approximate surface area is 82.3 Å². The summed E-state index contributed by atoms with van der Waals surface area (Å²) in [5, 5.41) is 4.51. The molecule has 3 unspecified atom stereocenters. The van der Waals surface area contributed by atoms with Crippen LogP contribution in [0.5, 0.6) is 0 Å². The van der Waals surface area contributed by atoms with Crippen LogP contribution in [0.1, 0.15) is 45.4 Å². The van der Waals surface area contributed by atoms with Crippen LogP contribution in [0.4, 0.5) is 0 Å². The molecule has 1 heteroatoms. The van der Waals surface area contributed by atoms with E-state index in [1.165, 1.54) is 38.5 Å². The number of nitrogens with zero attached hydrogens (tertiary/aromatic N) is 1. The zero-order valence-electron chi connectivity index (χ0n) is 8.84. The maximum absolute atomic E-state index is 4.51. The number of rotatable bonds is 1. The van der Waals surface area contributed by atoms with E-state index in [1.807, 2.05) is 0 Å². The Balaban J connectivity index is 1.84. The van der Waals surface area contributed by atoms with Crippen LogP contribution in [0, 0.1) is 17.8 Å². The molecule has 0 aromatic carbocycles. The summed E-state index contributed by atoms with van der Waals surface area (Å²) < 4.78 is 0. The number of hydrogen-bond donors (Lipinski definition) is 0. The summed E-state index contributed by atoms with van der Waals surface area (Å²) in [6, 6.07) is 0. The van der Waals surface area contributed by atoms with Gasteiger partial charge < -0.3 is 0 Å². The average molecular weight is 180 g/mol. The van der Waals surface area contributed by atoms with Crippen LogP contribution < -0.4 is 5.32 Å². The third kappa shape index (κ3) is 2.46. The fourth-order valence-corrected chi connectivity index (χ4v) is 3.13. The summed E-state index contributed by atoms with van der Waals surface area (Å²) in [7, 11) is 0. The van der Waals surface area contributed by atoms with Crippen molar-refractivity contribution < 1.29 is 0 Å². The van der Waals surface area contributed by atoms with Gasteiger partial charge in [0.25, 0.3) is 0 Å². The molecule has 0 spiro atoms.